The molecular formula is C20H15F2NO4. The minimum Gasteiger partial charge on any atom is -0.496 e. The summed E-state index contributed by atoms with van der Waals surface area (Å²) in [5.74, 6) is -3.22. The molecule has 0 heterocycles. The van der Waals surface area contributed by atoms with Crippen LogP contribution in [0.3, 0.4) is 0 Å². The van der Waals surface area contributed by atoms with Crippen molar-refractivity contribution >= 4 is 28.3 Å². The molecule has 0 radical (unpaired) electrons. The topological polar surface area (TPSA) is 64.6 Å². The molecule has 138 valence electrons. The monoisotopic (exact) mass is 371 g/mol. The first kappa shape index (κ1) is 18.3. The van der Waals surface area contributed by atoms with Crippen molar-refractivity contribution in [2.75, 3.05) is 19.0 Å². The minimum absolute atomic E-state index is 0.140. The van der Waals surface area contributed by atoms with E-state index in [4.69, 9.17) is 9.47 Å². The van der Waals surface area contributed by atoms with Gasteiger partial charge in [-0.3, -0.25) is 4.79 Å². The van der Waals surface area contributed by atoms with Gasteiger partial charge in [0.25, 0.3) is 5.91 Å². The first-order valence-corrected chi connectivity index (χ1v) is 7.97. The Morgan fingerprint density at radius 3 is 2.22 bits per heavy atom. The molecule has 0 aliphatic carbocycles. The van der Waals surface area contributed by atoms with Crippen LogP contribution in [0.1, 0.15) is 10.4 Å². The predicted octanol–water partition coefficient (Wildman–Crippen LogP) is 3.92. The second kappa shape index (κ2) is 7.82. The van der Waals surface area contributed by atoms with Crippen molar-refractivity contribution in [1.82, 2.24) is 0 Å². The Morgan fingerprint density at radius 1 is 0.963 bits per heavy atom. The smallest absolute Gasteiger partial charge is 0.342 e. The zero-order chi connectivity index (χ0) is 19.4. The van der Waals surface area contributed by atoms with E-state index in [2.05, 4.69) is 0 Å². The third-order valence-corrected chi connectivity index (χ3v) is 3.85. The van der Waals surface area contributed by atoms with E-state index in [0.29, 0.717) is 5.75 Å². The molecule has 27 heavy (non-hydrogen) atoms. The fraction of sp³-hybridized carbons (Fsp3) is 0.100. The van der Waals surface area contributed by atoms with Crippen LogP contribution >= 0.6 is 0 Å². The van der Waals surface area contributed by atoms with Crippen LogP contribution in [0.2, 0.25) is 0 Å². The van der Waals surface area contributed by atoms with Crippen molar-refractivity contribution in [2.24, 2.45) is 0 Å². The molecule has 0 saturated heterocycles. The van der Waals surface area contributed by atoms with E-state index < -0.39 is 35.8 Å². The Labute approximate surface area is 153 Å². The molecule has 0 aromatic heterocycles. The summed E-state index contributed by atoms with van der Waals surface area (Å²) in [6, 6.07) is 13.8. The zero-order valence-corrected chi connectivity index (χ0v) is 14.3. The number of esters is 1. The maximum absolute atomic E-state index is 13.5. The van der Waals surface area contributed by atoms with E-state index in [1.807, 2.05) is 29.6 Å². The summed E-state index contributed by atoms with van der Waals surface area (Å²) in [6.45, 7) is -0.706. The van der Waals surface area contributed by atoms with Crippen LogP contribution in [0.15, 0.2) is 54.6 Å². The van der Waals surface area contributed by atoms with Crippen LogP contribution in [0.4, 0.5) is 14.5 Å². The summed E-state index contributed by atoms with van der Waals surface area (Å²) in [7, 11) is 1.41. The lowest BCUT2D eigenvalue weighted by Crippen LogP contribution is -2.22. The number of carbonyl (C=O) groups excluding carboxylic acids is 2. The van der Waals surface area contributed by atoms with E-state index >= 15 is 0 Å². The Kier molecular flexibility index (Phi) is 5.30. The van der Waals surface area contributed by atoms with Crippen molar-refractivity contribution in [2.45, 2.75) is 0 Å². The summed E-state index contributed by atoms with van der Waals surface area (Å²) in [5.41, 5.74) is -0.456. The SMILES string of the molecule is COc1cc2ccccc2cc1C(=O)OCC(=O)Nc1c(F)cccc1F. The molecule has 3 rings (SSSR count). The van der Waals surface area contributed by atoms with Crippen LogP contribution in [-0.4, -0.2) is 25.6 Å². The number of hydrogen-bond acceptors (Lipinski definition) is 4. The van der Waals surface area contributed by atoms with Crippen molar-refractivity contribution in [3.63, 3.8) is 0 Å². The standard InChI is InChI=1S/C20H15F2NO4/c1-26-17-10-13-6-3-2-5-12(13)9-14(17)20(25)27-11-18(24)23-19-15(21)7-4-8-16(19)22/h2-10H,11H2,1H3,(H,23,24). The van der Waals surface area contributed by atoms with Gasteiger partial charge >= 0.3 is 5.97 Å². The molecule has 0 saturated carbocycles. The van der Waals surface area contributed by atoms with Gasteiger partial charge in [0.1, 0.15) is 28.6 Å². The van der Waals surface area contributed by atoms with Crippen molar-refractivity contribution in [3.05, 3.63) is 71.8 Å². The molecule has 3 aromatic carbocycles. The molecule has 0 aliphatic rings. The van der Waals surface area contributed by atoms with Gasteiger partial charge in [-0.05, 0) is 35.0 Å². The average Bonchev–Trinajstić information content (AvgIpc) is 2.68. The fourth-order valence-corrected chi connectivity index (χ4v) is 2.55. The second-order valence-electron chi connectivity index (χ2n) is 5.62. The van der Waals surface area contributed by atoms with Gasteiger partial charge in [0, 0.05) is 0 Å². The first-order chi connectivity index (χ1) is 13.0. The molecule has 3 aromatic rings. The van der Waals surface area contributed by atoms with Crippen LogP contribution in [0.5, 0.6) is 5.75 Å². The van der Waals surface area contributed by atoms with E-state index in [-0.39, 0.29) is 5.56 Å². The summed E-state index contributed by atoms with van der Waals surface area (Å²) < 4.78 is 37.3. The number of methoxy groups -OCH3 is 1. The van der Waals surface area contributed by atoms with Gasteiger partial charge in [0.2, 0.25) is 0 Å². The van der Waals surface area contributed by atoms with Gasteiger partial charge in [0.15, 0.2) is 6.61 Å². The number of nitrogens with one attached hydrogen (secondary N) is 1. The summed E-state index contributed by atoms with van der Waals surface area (Å²) in [6.07, 6.45) is 0. The molecule has 5 nitrogen and oxygen atoms in total. The summed E-state index contributed by atoms with van der Waals surface area (Å²) in [4.78, 5) is 24.2. The van der Waals surface area contributed by atoms with E-state index in [1.54, 1.807) is 12.1 Å². The number of rotatable bonds is 5. The van der Waals surface area contributed by atoms with E-state index in [9.17, 15) is 18.4 Å². The van der Waals surface area contributed by atoms with Gasteiger partial charge in [0.05, 0.1) is 7.11 Å². The van der Waals surface area contributed by atoms with Gasteiger partial charge in [-0.15, -0.1) is 0 Å². The highest BCUT2D eigenvalue weighted by molar-refractivity contribution is 6.00. The Bertz CT molecular complexity index is 1000. The highest BCUT2D eigenvalue weighted by Gasteiger charge is 2.18. The molecule has 1 N–H and O–H groups in total. The van der Waals surface area contributed by atoms with Crippen LogP contribution in [-0.2, 0) is 9.53 Å². The number of carbonyl (C=O) groups is 2. The molecule has 0 aliphatic heterocycles. The van der Waals surface area contributed by atoms with Crippen molar-refractivity contribution < 1.29 is 27.8 Å². The van der Waals surface area contributed by atoms with Crippen molar-refractivity contribution in [1.29, 1.82) is 0 Å². The number of ether oxygens (including phenoxy) is 2. The fourth-order valence-electron chi connectivity index (χ4n) is 2.55. The Balaban J connectivity index is 1.72. The number of anilines is 1. The normalized spacial score (nSPS) is 10.5. The molecule has 0 spiro atoms. The molecule has 0 atom stereocenters. The van der Waals surface area contributed by atoms with Crippen LogP contribution < -0.4 is 10.1 Å². The predicted molar refractivity (Wildman–Crippen MR) is 95.8 cm³/mol. The minimum atomic E-state index is -0.925. The number of para-hydroxylation sites is 1. The third kappa shape index (κ3) is 4.03. The van der Waals surface area contributed by atoms with Gasteiger partial charge in [-0.1, -0.05) is 30.3 Å². The number of amides is 1. The highest BCUT2D eigenvalue weighted by Crippen LogP contribution is 2.26. The molecule has 0 fully saturated rings. The zero-order valence-electron chi connectivity index (χ0n) is 14.3. The first-order valence-electron chi connectivity index (χ1n) is 7.97. The van der Waals surface area contributed by atoms with Gasteiger partial charge < -0.3 is 14.8 Å². The van der Waals surface area contributed by atoms with E-state index in [1.165, 1.54) is 13.2 Å². The summed E-state index contributed by atoms with van der Waals surface area (Å²) in [5, 5.41) is 3.71. The average molecular weight is 371 g/mol. The number of benzene rings is 3. The van der Waals surface area contributed by atoms with E-state index in [0.717, 1.165) is 22.9 Å². The maximum Gasteiger partial charge on any atom is 0.342 e. The second-order valence-corrected chi connectivity index (χ2v) is 5.62. The summed E-state index contributed by atoms with van der Waals surface area (Å²) >= 11 is 0. The number of fused-ring (bicyclic) bond motifs is 1. The lowest BCUT2D eigenvalue weighted by atomic mass is 10.1. The Hall–Kier alpha value is -3.48. The van der Waals surface area contributed by atoms with Crippen LogP contribution in [0.25, 0.3) is 10.8 Å². The largest absolute Gasteiger partial charge is 0.496 e. The third-order valence-electron chi connectivity index (χ3n) is 3.85. The number of hydrogen-bond donors (Lipinski definition) is 1. The molecule has 1 amide bonds. The quantitative estimate of drug-likeness (QED) is 0.691. The van der Waals surface area contributed by atoms with Gasteiger partial charge in [-0.25, -0.2) is 13.6 Å². The highest BCUT2D eigenvalue weighted by atomic mass is 19.1. The molecule has 7 heteroatoms. The van der Waals surface area contributed by atoms with Crippen LogP contribution in [0, 0.1) is 11.6 Å². The van der Waals surface area contributed by atoms with Gasteiger partial charge in [-0.2, -0.15) is 0 Å². The Morgan fingerprint density at radius 2 is 1.59 bits per heavy atom. The molecule has 0 unspecified atom stereocenters. The van der Waals surface area contributed by atoms with Crippen molar-refractivity contribution in [3.8, 4) is 5.75 Å². The number of halogens is 2. The lowest BCUT2D eigenvalue weighted by molar-refractivity contribution is -0.119. The molecular weight excluding hydrogens is 356 g/mol. The molecule has 0 bridgehead atoms. The lowest BCUT2D eigenvalue weighted by Gasteiger charge is -2.11. The maximum atomic E-state index is 13.5.